The van der Waals surface area contributed by atoms with Gasteiger partial charge in [-0.15, -0.1) is 10.2 Å². The number of hydrogen-bond donors (Lipinski definition) is 0. The maximum absolute atomic E-state index is 4.48. The third kappa shape index (κ3) is 3.37. The summed E-state index contributed by atoms with van der Waals surface area (Å²) >= 11 is 0. The van der Waals surface area contributed by atoms with E-state index in [0.717, 1.165) is 25.6 Å². The van der Waals surface area contributed by atoms with E-state index >= 15 is 0 Å². The van der Waals surface area contributed by atoms with Gasteiger partial charge in [0.15, 0.2) is 0 Å². The lowest BCUT2D eigenvalue weighted by molar-refractivity contribution is -0.00560. The number of hydrogen-bond acceptors (Lipinski definition) is 5. The van der Waals surface area contributed by atoms with E-state index in [1.54, 1.807) is 0 Å². The van der Waals surface area contributed by atoms with Gasteiger partial charge in [-0.2, -0.15) is 0 Å². The molecule has 3 aliphatic rings. The number of aryl methyl sites for hydroxylation is 1. The SMILES string of the molecule is CC(C)N1CCN(C2CN(Cc3nnc4n3CCCCC4)C2)CC1. The van der Waals surface area contributed by atoms with E-state index in [1.165, 1.54) is 70.2 Å². The van der Waals surface area contributed by atoms with Crippen LogP contribution in [0.2, 0.25) is 0 Å². The Morgan fingerprint density at radius 3 is 2.50 bits per heavy atom. The molecule has 0 aliphatic carbocycles. The van der Waals surface area contributed by atoms with Crippen LogP contribution in [-0.2, 0) is 19.5 Å². The second-order valence-electron chi connectivity index (χ2n) is 8.01. The zero-order valence-electron chi connectivity index (χ0n) is 15.3. The third-order valence-electron chi connectivity index (χ3n) is 6.08. The maximum Gasteiger partial charge on any atom is 0.147 e. The smallest absolute Gasteiger partial charge is 0.147 e. The van der Waals surface area contributed by atoms with Crippen molar-refractivity contribution in [3.05, 3.63) is 11.6 Å². The Hall–Kier alpha value is -0.980. The Labute approximate surface area is 145 Å². The highest BCUT2D eigenvalue weighted by Gasteiger charge is 2.34. The van der Waals surface area contributed by atoms with Gasteiger partial charge in [0.1, 0.15) is 11.6 Å². The standard InChI is InChI=1S/C18H32N6/c1-15(2)22-8-10-23(11-9-22)16-12-21(13-16)14-18-20-19-17-6-4-3-5-7-24(17)18/h15-16H,3-14H2,1-2H3. The summed E-state index contributed by atoms with van der Waals surface area (Å²) in [5.74, 6) is 2.40. The van der Waals surface area contributed by atoms with Crippen LogP contribution in [0.25, 0.3) is 0 Å². The number of aromatic nitrogens is 3. The van der Waals surface area contributed by atoms with Crippen LogP contribution in [0.5, 0.6) is 0 Å². The van der Waals surface area contributed by atoms with Gasteiger partial charge in [0.05, 0.1) is 6.54 Å². The fourth-order valence-corrected chi connectivity index (χ4v) is 4.38. The quantitative estimate of drug-likeness (QED) is 0.829. The number of likely N-dealkylation sites (tertiary alicyclic amines) is 1. The Kier molecular flexibility index (Phi) is 4.88. The van der Waals surface area contributed by atoms with Gasteiger partial charge in [-0.3, -0.25) is 14.7 Å². The summed E-state index contributed by atoms with van der Waals surface area (Å²) in [5.41, 5.74) is 0. The van der Waals surface area contributed by atoms with Crippen LogP contribution in [0.1, 0.15) is 44.8 Å². The van der Waals surface area contributed by atoms with Crippen molar-refractivity contribution in [1.29, 1.82) is 0 Å². The lowest BCUT2D eigenvalue weighted by Gasteiger charge is -2.48. The molecule has 0 N–H and O–H groups in total. The van der Waals surface area contributed by atoms with Crippen LogP contribution in [0.4, 0.5) is 0 Å². The van der Waals surface area contributed by atoms with Crippen LogP contribution < -0.4 is 0 Å². The highest BCUT2D eigenvalue weighted by Crippen LogP contribution is 2.21. The second-order valence-corrected chi connectivity index (χ2v) is 8.01. The van der Waals surface area contributed by atoms with Gasteiger partial charge < -0.3 is 4.57 Å². The molecule has 1 aromatic heterocycles. The summed E-state index contributed by atoms with van der Waals surface area (Å²) in [7, 11) is 0. The van der Waals surface area contributed by atoms with Crippen LogP contribution in [0.3, 0.4) is 0 Å². The van der Waals surface area contributed by atoms with Crippen LogP contribution in [0.15, 0.2) is 0 Å². The molecule has 3 aliphatic heterocycles. The van der Waals surface area contributed by atoms with E-state index in [4.69, 9.17) is 0 Å². The first-order valence-electron chi connectivity index (χ1n) is 9.82. The summed E-state index contributed by atoms with van der Waals surface area (Å²) in [6.45, 7) is 14.0. The summed E-state index contributed by atoms with van der Waals surface area (Å²) < 4.78 is 2.39. The van der Waals surface area contributed by atoms with Crippen LogP contribution in [-0.4, -0.2) is 80.8 Å². The van der Waals surface area contributed by atoms with E-state index in [-0.39, 0.29) is 0 Å². The molecule has 1 aromatic rings. The minimum atomic E-state index is 0.688. The van der Waals surface area contributed by atoms with Crippen molar-refractivity contribution in [3.8, 4) is 0 Å². The average Bonchev–Trinajstić information content (AvgIpc) is 2.77. The summed E-state index contributed by atoms with van der Waals surface area (Å²) in [6.07, 6.45) is 4.99. The molecule has 0 unspecified atom stereocenters. The number of fused-ring (bicyclic) bond motifs is 1. The van der Waals surface area contributed by atoms with Crippen molar-refractivity contribution < 1.29 is 0 Å². The molecular weight excluding hydrogens is 300 g/mol. The Morgan fingerprint density at radius 1 is 0.958 bits per heavy atom. The summed E-state index contributed by atoms with van der Waals surface area (Å²) in [4.78, 5) is 7.83. The molecule has 24 heavy (non-hydrogen) atoms. The van der Waals surface area contributed by atoms with Crippen molar-refractivity contribution >= 4 is 0 Å². The molecule has 0 amide bonds. The summed E-state index contributed by atoms with van der Waals surface area (Å²) in [6, 6.07) is 1.44. The van der Waals surface area contributed by atoms with Gasteiger partial charge >= 0.3 is 0 Å². The zero-order valence-corrected chi connectivity index (χ0v) is 15.3. The van der Waals surface area contributed by atoms with Crippen molar-refractivity contribution in [2.75, 3.05) is 39.3 Å². The molecule has 0 radical (unpaired) electrons. The van der Waals surface area contributed by atoms with Gasteiger partial charge in [0.25, 0.3) is 0 Å². The highest BCUT2D eigenvalue weighted by atomic mass is 15.4. The summed E-state index contributed by atoms with van der Waals surface area (Å²) in [5, 5.41) is 8.91. The number of nitrogens with zero attached hydrogens (tertiary/aromatic N) is 6. The predicted molar refractivity (Wildman–Crippen MR) is 94.9 cm³/mol. The minimum absolute atomic E-state index is 0.688. The molecule has 0 saturated carbocycles. The molecule has 0 atom stereocenters. The van der Waals surface area contributed by atoms with Gasteiger partial charge in [-0.25, -0.2) is 0 Å². The first-order chi connectivity index (χ1) is 11.7. The van der Waals surface area contributed by atoms with Crippen molar-refractivity contribution in [2.24, 2.45) is 0 Å². The Morgan fingerprint density at radius 2 is 1.75 bits per heavy atom. The Bertz CT molecular complexity index is 540. The van der Waals surface area contributed by atoms with Crippen molar-refractivity contribution in [2.45, 2.75) is 64.7 Å². The van der Waals surface area contributed by atoms with E-state index < -0.39 is 0 Å². The van der Waals surface area contributed by atoms with Crippen LogP contribution in [0, 0.1) is 0 Å². The lowest BCUT2D eigenvalue weighted by Crippen LogP contribution is -2.63. The molecular formula is C18H32N6. The van der Waals surface area contributed by atoms with Crippen LogP contribution >= 0.6 is 0 Å². The normalized spacial score (nSPS) is 24.8. The molecule has 134 valence electrons. The van der Waals surface area contributed by atoms with E-state index in [9.17, 15) is 0 Å². The fraction of sp³-hybridized carbons (Fsp3) is 0.889. The molecule has 6 nitrogen and oxygen atoms in total. The molecule has 0 bridgehead atoms. The van der Waals surface area contributed by atoms with Gasteiger partial charge in [-0.05, 0) is 26.7 Å². The molecule has 0 aromatic carbocycles. The molecule has 2 saturated heterocycles. The zero-order chi connectivity index (χ0) is 16.5. The maximum atomic E-state index is 4.48. The second kappa shape index (κ2) is 7.10. The number of rotatable bonds is 4. The number of piperazine rings is 1. The minimum Gasteiger partial charge on any atom is -0.314 e. The van der Waals surface area contributed by atoms with Gasteiger partial charge in [-0.1, -0.05) is 6.42 Å². The molecule has 4 heterocycles. The molecule has 0 spiro atoms. The van der Waals surface area contributed by atoms with E-state index in [1.807, 2.05) is 0 Å². The third-order valence-corrected chi connectivity index (χ3v) is 6.08. The monoisotopic (exact) mass is 332 g/mol. The molecule has 2 fully saturated rings. The molecule has 4 rings (SSSR count). The molecule has 6 heteroatoms. The predicted octanol–water partition coefficient (Wildman–Crippen LogP) is 1.21. The highest BCUT2D eigenvalue weighted by molar-refractivity contribution is 5.00. The Balaban J connectivity index is 1.26. The van der Waals surface area contributed by atoms with Crippen molar-refractivity contribution in [1.82, 2.24) is 29.5 Å². The van der Waals surface area contributed by atoms with Gasteiger partial charge in [0.2, 0.25) is 0 Å². The first kappa shape index (κ1) is 16.5. The van der Waals surface area contributed by atoms with Crippen molar-refractivity contribution in [3.63, 3.8) is 0 Å². The van der Waals surface area contributed by atoms with E-state index in [2.05, 4.69) is 43.3 Å². The average molecular weight is 332 g/mol. The topological polar surface area (TPSA) is 40.4 Å². The lowest BCUT2D eigenvalue weighted by atomic mass is 10.1. The first-order valence-corrected chi connectivity index (χ1v) is 9.82. The van der Waals surface area contributed by atoms with Gasteiger partial charge in [0, 0.05) is 64.3 Å². The largest absolute Gasteiger partial charge is 0.314 e. The van der Waals surface area contributed by atoms with E-state index in [0.29, 0.717) is 6.04 Å². The fourth-order valence-electron chi connectivity index (χ4n) is 4.38.